The van der Waals surface area contributed by atoms with E-state index in [1.807, 2.05) is 0 Å². The Hall–Kier alpha value is 2.02. The Kier molecular flexibility index (Phi) is 13.8. The summed E-state index contributed by atoms with van der Waals surface area (Å²) in [4.78, 5) is 33.0. The Bertz CT molecular complexity index is 729. The summed E-state index contributed by atoms with van der Waals surface area (Å²) in [5, 5.41) is 33.3. The minimum absolute atomic E-state index is 0. The van der Waals surface area contributed by atoms with E-state index in [0.29, 0.717) is 0 Å². The van der Waals surface area contributed by atoms with Crippen LogP contribution in [0, 0.1) is 0 Å². The molecule has 0 heterocycles. The molecule has 96 valence electrons. The first kappa shape index (κ1) is 26.3. The standard InChI is InChI=1S/C13H8O6.3K/c14-11(15)8-5-6-3-1-2-4-7(6)9(12(16)17)10(8)13(18)19;;;/h1-5H,(H,14,15)(H,16,17)(H,18,19);;;/q;3*+1/p-3. The number of carbonyl (C=O) groups excluding carboxylic acids is 3. The van der Waals surface area contributed by atoms with E-state index in [9.17, 15) is 29.7 Å². The number of carboxylic acids is 3. The van der Waals surface area contributed by atoms with Gasteiger partial charge >= 0.3 is 154 Å². The molecular weight excluding hydrogens is 369 g/mol. The van der Waals surface area contributed by atoms with E-state index in [0.717, 1.165) is 6.07 Å². The zero-order chi connectivity index (χ0) is 14.2. The summed E-state index contributed by atoms with van der Waals surface area (Å²) < 4.78 is 0. The average Bonchev–Trinajstić information content (AvgIpc) is 2.35. The number of rotatable bonds is 3. The van der Waals surface area contributed by atoms with E-state index in [1.165, 1.54) is 18.2 Å². The summed E-state index contributed by atoms with van der Waals surface area (Å²) in [7, 11) is 0. The third-order valence-electron chi connectivity index (χ3n) is 2.68. The van der Waals surface area contributed by atoms with E-state index in [1.54, 1.807) is 6.07 Å². The van der Waals surface area contributed by atoms with Crippen LogP contribution < -0.4 is 169 Å². The smallest absolute Gasteiger partial charge is 0.545 e. The molecule has 0 aliphatic heterocycles. The molecule has 0 bridgehead atoms. The van der Waals surface area contributed by atoms with E-state index in [2.05, 4.69) is 0 Å². The van der Waals surface area contributed by atoms with Crippen molar-refractivity contribution in [3.05, 3.63) is 47.0 Å². The van der Waals surface area contributed by atoms with Gasteiger partial charge in [-0.05, 0) is 16.8 Å². The molecule has 0 unspecified atom stereocenters. The maximum absolute atomic E-state index is 11.1. The van der Waals surface area contributed by atoms with Crippen molar-refractivity contribution >= 4 is 28.7 Å². The van der Waals surface area contributed by atoms with Gasteiger partial charge in [0.25, 0.3) is 0 Å². The van der Waals surface area contributed by atoms with Crippen molar-refractivity contribution in [2.45, 2.75) is 0 Å². The first-order chi connectivity index (χ1) is 8.93. The second kappa shape index (κ2) is 11.6. The van der Waals surface area contributed by atoms with Crippen molar-refractivity contribution < 1.29 is 184 Å². The molecule has 22 heavy (non-hydrogen) atoms. The normalized spacial score (nSPS) is 8.91. The summed E-state index contributed by atoms with van der Waals surface area (Å²) >= 11 is 0. The zero-order valence-electron chi connectivity index (χ0n) is 12.3. The second-order valence-corrected chi connectivity index (χ2v) is 3.76. The molecule has 0 spiro atoms. The molecule has 0 saturated carbocycles. The maximum Gasteiger partial charge on any atom is 1.00 e. The van der Waals surface area contributed by atoms with Crippen LogP contribution in [0.2, 0.25) is 0 Å². The van der Waals surface area contributed by atoms with E-state index in [-0.39, 0.29) is 165 Å². The minimum Gasteiger partial charge on any atom is -0.545 e. The number of fused-ring (bicyclic) bond motifs is 1. The summed E-state index contributed by atoms with van der Waals surface area (Å²) in [5.74, 6) is -5.50. The molecule has 0 amide bonds. The molecule has 2 rings (SSSR count). The SMILES string of the molecule is O=C([O-])c1cc2ccccc2c(C(=O)[O-])c1C(=O)[O-].[K+].[K+].[K+]. The molecule has 2 aromatic carbocycles. The van der Waals surface area contributed by atoms with Crippen molar-refractivity contribution in [2.24, 2.45) is 0 Å². The van der Waals surface area contributed by atoms with Gasteiger partial charge in [-0.15, -0.1) is 0 Å². The van der Waals surface area contributed by atoms with Crippen molar-refractivity contribution in [2.75, 3.05) is 0 Å². The van der Waals surface area contributed by atoms with Gasteiger partial charge < -0.3 is 29.7 Å². The van der Waals surface area contributed by atoms with Crippen LogP contribution in [0.5, 0.6) is 0 Å². The predicted molar refractivity (Wildman–Crippen MR) is 56.9 cm³/mol. The predicted octanol–water partition coefficient (Wildman–Crippen LogP) is -11.1. The van der Waals surface area contributed by atoms with E-state index >= 15 is 0 Å². The molecule has 2 aromatic rings. The largest absolute Gasteiger partial charge is 1.00 e. The molecule has 9 heteroatoms. The first-order valence-electron chi connectivity index (χ1n) is 5.13. The summed E-state index contributed by atoms with van der Waals surface area (Å²) in [6.07, 6.45) is 0. The molecule has 0 fully saturated rings. The number of benzene rings is 2. The first-order valence-corrected chi connectivity index (χ1v) is 5.13. The van der Waals surface area contributed by atoms with Crippen LogP contribution in [0.3, 0.4) is 0 Å². The number of hydrogen-bond donors (Lipinski definition) is 0. The monoisotopic (exact) mass is 374 g/mol. The van der Waals surface area contributed by atoms with Gasteiger partial charge in [-0.1, -0.05) is 24.3 Å². The molecule has 0 aliphatic rings. The third-order valence-corrected chi connectivity index (χ3v) is 2.68. The number of carboxylic acid groups (broad SMARTS) is 3. The Morgan fingerprint density at radius 1 is 0.727 bits per heavy atom. The summed E-state index contributed by atoms with van der Waals surface area (Å²) in [6, 6.07) is 6.88. The van der Waals surface area contributed by atoms with Crippen molar-refractivity contribution in [3.63, 3.8) is 0 Å². The third kappa shape index (κ3) is 5.78. The molecular formula is C13H5K3O6. The van der Waals surface area contributed by atoms with Crippen LogP contribution in [-0.2, 0) is 0 Å². The number of hydrogen-bond acceptors (Lipinski definition) is 6. The van der Waals surface area contributed by atoms with Gasteiger partial charge in [-0.3, -0.25) is 0 Å². The summed E-state index contributed by atoms with van der Waals surface area (Å²) in [5.41, 5.74) is -2.42. The van der Waals surface area contributed by atoms with Gasteiger partial charge in [0, 0.05) is 16.7 Å². The Labute approximate surface area is 253 Å². The molecule has 0 aromatic heterocycles. The van der Waals surface area contributed by atoms with Gasteiger partial charge in [0.05, 0.1) is 17.9 Å². The number of carbonyl (C=O) groups is 3. The fraction of sp³-hybridized carbons (Fsp3) is 0. The Balaban J connectivity index is 0. The Morgan fingerprint density at radius 3 is 1.68 bits per heavy atom. The van der Waals surface area contributed by atoms with Gasteiger partial charge in [-0.25, -0.2) is 0 Å². The minimum atomic E-state index is -1.91. The molecule has 6 nitrogen and oxygen atoms in total. The van der Waals surface area contributed by atoms with Gasteiger partial charge in [0.1, 0.15) is 0 Å². The van der Waals surface area contributed by atoms with Crippen molar-refractivity contribution in [3.8, 4) is 0 Å². The van der Waals surface area contributed by atoms with Crippen LogP contribution in [0.15, 0.2) is 30.3 Å². The zero-order valence-corrected chi connectivity index (χ0v) is 21.7. The van der Waals surface area contributed by atoms with Crippen LogP contribution in [-0.4, -0.2) is 17.9 Å². The quantitative estimate of drug-likeness (QED) is 0.492. The topological polar surface area (TPSA) is 120 Å². The van der Waals surface area contributed by atoms with Gasteiger partial charge in [-0.2, -0.15) is 0 Å². The number of aromatic carboxylic acids is 3. The van der Waals surface area contributed by atoms with Crippen LogP contribution in [0.25, 0.3) is 10.8 Å². The van der Waals surface area contributed by atoms with Gasteiger partial charge in [0.2, 0.25) is 0 Å². The van der Waals surface area contributed by atoms with Crippen molar-refractivity contribution in [1.82, 2.24) is 0 Å². The Morgan fingerprint density at radius 2 is 1.23 bits per heavy atom. The van der Waals surface area contributed by atoms with E-state index in [4.69, 9.17) is 0 Å². The average molecular weight is 374 g/mol. The molecule has 0 aliphatic carbocycles. The van der Waals surface area contributed by atoms with Gasteiger partial charge in [0.15, 0.2) is 0 Å². The second-order valence-electron chi connectivity index (χ2n) is 3.76. The molecule has 0 saturated heterocycles. The molecule has 0 N–H and O–H groups in total. The van der Waals surface area contributed by atoms with Crippen molar-refractivity contribution in [1.29, 1.82) is 0 Å². The van der Waals surface area contributed by atoms with E-state index < -0.39 is 34.6 Å². The summed E-state index contributed by atoms with van der Waals surface area (Å²) in [6.45, 7) is 0. The molecule has 0 atom stereocenters. The maximum atomic E-state index is 11.1. The van der Waals surface area contributed by atoms with Crippen LogP contribution >= 0.6 is 0 Å². The van der Waals surface area contributed by atoms with Crippen LogP contribution in [0.1, 0.15) is 31.1 Å². The van der Waals surface area contributed by atoms with Crippen LogP contribution in [0.4, 0.5) is 0 Å². The fourth-order valence-corrected chi connectivity index (χ4v) is 1.93. The molecule has 0 radical (unpaired) electrons. The fourth-order valence-electron chi connectivity index (χ4n) is 1.93.